The molecule has 1 amide bonds. The van der Waals surface area contributed by atoms with Gasteiger partial charge >= 0.3 is 12.1 Å². The summed E-state index contributed by atoms with van der Waals surface area (Å²) in [5, 5.41) is 11.5. The molecule has 1 fully saturated rings. The molecule has 0 aromatic carbocycles. The van der Waals surface area contributed by atoms with Crippen LogP contribution < -0.4 is 10.2 Å². The van der Waals surface area contributed by atoms with Gasteiger partial charge in [0.05, 0.1) is 10.6 Å². The third-order valence-electron chi connectivity index (χ3n) is 4.28. The molecule has 0 radical (unpaired) electrons. The Morgan fingerprint density at radius 1 is 1.31 bits per heavy atom. The number of alkyl halides is 3. The van der Waals surface area contributed by atoms with Gasteiger partial charge in [0.25, 0.3) is 0 Å². The van der Waals surface area contributed by atoms with Gasteiger partial charge in [0.15, 0.2) is 0 Å². The molecule has 2 heterocycles. The molecule has 2 N–H and O–H groups in total. The van der Waals surface area contributed by atoms with E-state index in [9.17, 15) is 22.8 Å². The summed E-state index contributed by atoms with van der Waals surface area (Å²) in [5.74, 6) is -1.63. The number of aromatic nitrogens is 1. The molecule has 1 saturated heterocycles. The van der Waals surface area contributed by atoms with Crippen molar-refractivity contribution in [2.24, 2.45) is 5.92 Å². The van der Waals surface area contributed by atoms with E-state index >= 15 is 0 Å². The number of hydrogen-bond acceptors (Lipinski definition) is 4. The average molecular weight is 394 g/mol. The third kappa shape index (κ3) is 4.57. The van der Waals surface area contributed by atoms with Gasteiger partial charge in [-0.1, -0.05) is 11.6 Å². The van der Waals surface area contributed by atoms with Crippen LogP contribution in [0.15, 0.2) is 12.3 Å². The number of nitrogens with zero attached hydrogens (tertiary/aromatic N) is 2. The van der Waals surface area contributed by atoms with Crippen molar-refractivity contribution in [3.8, 4) is 0 Å². The van der Waals surface area contributed by atoms with Crippen molar-refractivity contribution < 1.29 is 27.9 Å². The van der Waals surface area contributed by atoms with Crippen LogP contribution in [0.2, 0.25) is 5.02 Å². The van der Waals surface area contributed by atoms with E-state index in [0.717, 1.165) is 12.3 Å². The molecule has 2 rings (SSSR count). The minimum absolute atomic E-state index is 0.102. The first-order valence-corrected chi connectivity index (χ1v) is 8.32. The highest BCUT2D eigenvalue weighted by Crippen LogP contribution is 2.34. The number of rotatable bonds is 4. The molecule has 1 aromatic rings. The number of nitrogens with one attached hydrogen (secondary N) is 1. The molecule has 6 nitrogen and oxygen atoms in total. The lowest BCUT2D eigenvalue weighted by Crippen LogP contribution is -2.52. The van der Waals surface area contributed by atoms with Gasteiger partial charge in [-0.3, -0.25) is 4.79 Å². The molecule has 1 aliphatic rings. The quantitative estimate of drug-likeness (QED) is 0.821. The molecule has 0 atom stereocenters. The number of aliphatic carboxylic acids is 1. The zero-order valence-electron chi connectivity index (χ0n) is 14.2. The highest BCUT2D eigenvalue weighted by atomic mass is 35.5. The van der Waals surface area contributed by atoms with Gasteiger partial charge in [-0.15, -0.1) is 0 Å². The summed E-state index contributed by atoms with van der Waals surface area (Å²) in [4.78, 5) is 28.8. The largest absolute Gasteiger partial charge is 0.480 e. The number of amides is 1. The fraction of sp³-hybridized carbons (Fsp3) is 0.562. The smallest absolute Gasteiger partial charge is 0.417 e. The van der Waals surface area contributed by atoms with Gasteiger partial charge in [0, 0.05) is 25.2 Å². The molecule has 0 unspecified atom stereocenters. The fourth-order valence-corrected chi connectivity index (χ4v) is 2.92. The summed E-state index contributed by atoms with van der Waals surface area (Å²) >= 11 is 5.94. The highest BCUT2D eigenvalue weighted by Gasteiger charge is 2.35. The van der Waals surface area contributed by atoms with Crippen molar-refractivity contribution in [3.05, 3.63) is 22.8 Å². The second-order valence-electron chi connectivity index (χ2n) is 6.71. The number of carbonyl (C=O) groups excluding carboxylic acids is 1. The van der Waals surface area contributed by atoms with Crippen molar-refractivity contribution in [1.82, 2.24) is 10.3 Å². The molecule has 26 heavy (non-hydrogen) atoms. The first-order valence-electron chi connectivity index (χ1n) is 7.95. The van der Waals surface area contributed by atoms with E-state index in [4.69, 9.17) is 16.7 Å². The van der Waals surface area contributed by atoms with Gasteiger partial charge in [0.2, 0.25) is 5.91 Å². The summed E-state index contributed by atoms with van der Waals surface area (Å²) in [5.41, 5.74) is -2.29. The molecule has 1 aliphatic heterocycles. The molecule has 0 saturated carbocycles. The first kappa shape index (κ1) is 20.3. The van der Waals surface area contributed by atoms with Gasteiger partial charge in [0.1, 0.15) is 11.4 Å². The van der Waals surface area contributed by atoms with Crippen LogP contribution in [-0.2, 0) is 15.8 Å². The minimum atomic E-state index is -4.52. The number of anilines is 1. The molecule has 1 aromatic heterocycles. The lowest BCUT2D eigenvalue weighted by Gasteiger charge is -2.34. The van der Waals surface area contributed by atoms with Crippen LogP contribution in [-0.4, -0.2) is 40.6 Å². The van der Waals surface area contributed by atoms with Crippen molar-refractivity contribution in [2.45, 2.75) is 38.4 Å². The predicted octanol–water partition coefficient (Wildman–Crippen LogP) is 2.95. The minimum Gasteiger partial charge on any atom is -0.480 e. The van der Waals surface area contributed by atoms with E-state index in [2.05, 4.69) is 10.3 Å². The molecular formula is C16H19ClF3N3O3. The summed E-state index contributed by atoms with van der Waals surface area (Å²) in [6.45, 7) is 3.55. The molecule has 10 heteroatoms. The van der Waals surface area contributed by atoms with Crippen LogP contribution in [0.1, 0.15) is 32.3 Å². The SMILES string of the molecule is CC(C)(NC(=O)C1CCN(c2ncc(C(F)(F)F)cc2Cl)CC1)C(=O)O. The first-order chi connectivity index (χ1) is 11.9. The summed E-state index contributed by atoms with van der Waals surface area (Å²) < 4.78 is 38.0. The second kappa shape index (κ2) is 7.30. The lowest BCUT2D eigenvalue weighted by molar-refractivity contribution is -0.146. The number of piperidine rings is 1. The second-order valence-corrected chi connectivity index (χ2v) is 7.12. The Balaban J connectivity index is 2.00. The number of carbonyl (C=O) groups is 2. The third-order valence-corrected chi connectivity index (χ3v) is 4.56. The Morgan fingerprint density at radius 2 is 1.88 bits per heavy atom. The molecular weight excluding hydrogens is 375 g/mol. The lowest BCUT2D eigenvalue weighted by atomic mass is 9.94. The summed E-state index contributed by atoms with van der Waals surface area (Å²) in [6.07, 6.45) is -2.95. The van der Waals surface area contributed by atoms with Gasteiger partial charge in [-0.25, -0.2) is 9.78 Å². The van der Waals surface area contributed by atoms with Crippen molar-refractivity contribution >= 4 is 29.3 Å². The van der Waals surface area contributed by atoms with E-state index in [1.165, 1.54) is 13.8 Å². The molecule has 0 aliphatic carbocycles. The highest BCUT2D eigenvalue weighted by molar-refractivity contribution is 6.33. The predicted molar refractivity (Wildman–Crippen MR) is 89.0 cm³/mol. The van der Waals surface area contributed by atoms with E-state index in [1.54, 1.807) is 4.90 Å². The Bertz CT molecular complexity index is 702. The molecule has 144 valence electrons. The van der Waals surface area contributed by atoms with E-state index < -0.39 is 23.2 Å². The number of hydrogen-bond donors (Lipinski definition) is 2. The Labute approximate surface area is 153 Å². The zero-order valence-corrected chi connectivity index (χ0v) is 15.0. The summed E-state index contributed by atoms with van der Waals surface area (Å²) in [7, 11) is 0. The number of halogens is 4. The normalized spacial score (nSPS) is 16.5. The summed E-state index contributed by atoms with van der Waals surface area (Å²) in [6, 6.07) is 0.831. The topological polar surface area (TPSA) is 82.5 Å². The fourth-order valence-electron chi connectivity index (χ4n) is 2.64. The van der Waals surface area contributed by atoms with Crippen LogP contribution in [0.5, 0.6) is 0 Å². The van der Waals surface area contributed by atoms with Crippen LogP contribution in [0.4, 0.5) is 19.0 Å². The average Bonchev–Trinajstić information content (AvgIpc) is 2.53. The Hall–Kier alpha value is -2.03. The van der Waals surface area contributed by atoms with Crippen molar-refractivity contribution in [1.29, 1.82) is 0 Å². The van der Waals surface area contributed by atoms with Crippen LogP contribution in [0.3, 0.4) is 0 Å². The van der Waals surface area contributed by atoms with Crippen LogP contribution in [0, 0.1) is 5.92 Å². The number of carboxylic acid groups (broad SMARTS) is 1. The van der Waals surface area contributed by atoms with Crippen molar-refractivity contribution in [2.75, 3.05) is 18.0 Å². The Morgan fingerprint density at radius 3 is 2.35 bits per heavy atom. The van der Waals surface area contributed by atoms with Crippen LogP contribution in [0.25, 0.3) is 0 Å². The van der Waals surface area contributed by atoms with Crippen LogP contribution >= 0.6 is 11.6 Å². The standard InChI is InChI=1S/C16H19ClF3N3O3/c1-15(2,14(25)26)22-13(24)9-3-5-23(6-4-9)12-11(17)7-10(8-21-12)16(18,19)20/h7-9H,3-6H2,1-2H3,(H,22,24)(H,25,26). The maximum absolute atomic E-state index is 12.7. The number of carboxylic acids is 1. The monoisotopic (exact) mass is 393 g/mol. The van der Waals surface area contributed by atoms with Gasteiger partial charge < -0.3 is 15.3 Å². The van der Waals surface area contributed by atoms with E-state index in [1.807, 2.05) is 0 Å². The maximum Gasteiger partial charge on any atom is 0.417 e. The zero-order chi connectivity index (χ0) is 19.7. The maximum atomic E-state index is 12.7. The van der Waals surface area contributed by atoms with Crippen molar-refractivity contribution in [3.63, 3.8) is 0 Å². The van der Waals surface area contributed by atoms with E-state index in [-0.39, 0.29) is 22.7 Å². The molecule has 0 bridgehead atoms. The van der Waals surface area contributed by atoms with Gasteiger partial charge in [-0.05, 0) is 32.8 Å². The number of pyridine rings is 1. The molecule has 0 spiro atoms. The Kier molecular flexibility index (Phi) is 5.70. The van der Waals surface area contributed by atoms with Gasteiger partial charge in [-0.2, -0.15) is 13.2 Å². The van der Waals surface area contributed by atoms with E-state index in [0.29, 0.717) is 25.9 Å².